The molecule has 0 atom stereocenters. The summed E-state index contributed by atoms with van der Waals surface area (Å²) in [6, 6.07) is 0. The molecule has 1 fully saturated rings. The minimum Gasteiger partial charge on any atom is -0.321 e. The Hall–Kier alpha value is -0.830. The smallest absolute Gasteiger partial charge is 0.0540 e. The molecule has 1 aliphatic carbocycles. The van der Waals surface area contributed by atoms with E-state index in [1.165, 1.54) is 31.2 Å². The van der Waals surface area contributed by atoms with E-state index in [9.17, 15) is 0 Å². The van der Waals surface area contributed by atoms with Gasteiger partial charge >= 0.3 is 0 Å². The Morgan fingerprint density at radius 2 is 2.00 bits per heavy atom. The molecule has 0 unspecified atom stereocenters. The topological polar surface area (TPSA) is 43.8 Å². The predicted octanol–water partition coefficient (Wildman–Crippen LogP) is 2.41. The van der Waals surface area contributed by atoms with Crippen LogP contribution in [0.3, 0.4) is 0 Å². The molecule has 0 spiro atoms. The minimum atomic E-state index is -0.107. The summed E-state index contributed by atoms with van der Waals surface area (Å²) < 4.78 is 1.97. The van der Waals surface area contributed by atoms with Crippen molar-refractivity contribution in [2.75, 3.05) is 0 Å². The van der Waals surface area contributed by atoms with Crippen molar-refractivity contribution in [3.05, 3.63) is 18.0 Å². The van der Waals surface area contributed by atoms with E-state index in [1.54, 1.807) is 0 Å². The van der Waals surface area contributed by atoms with Crippen molar-refractivity contribution in [2.24, 2.45) is 5.73 Å². The Labute approximate surface area is 91.7 Å². The average molecular weight is 207 g/mol. The zero-order chi connectivity index (χ0) is 10.7. The van der Waals surface area contributed by atoms with Crippen LogP contribution in [0.4, 0.5) is 0 Å². The highest BCUT2D eigenvalue weighted by Crippen LogP contribution is 2.33. The Kier molecular flexibility index (Phi) is 3.10. The van der Waals surface area contributed by atoms with Crippen molar-refractivity contribution in [3.8, 4) is 0 Å². The van der Waals surface area contributed by atoms with Crippen molar-refractivity contribution < 1.29 is 0 Å². The third kappa shape index (κ3) is 2.23. The highest BCUT2D eigenvalue weighted by molar-refractivity contribution is 5.17. The lowest BCUT2D eigenvalue weighted by atomic mass is 9.86. The lowest BCUT2D eigenvalue weighted by Gasteiger charge is -2.26. The second kappa shape index (κ2) is 4.35. The Balaban J connectivity index is 2.18. The number of aryl methyl sites for hydroxylation is 1. The molecule has 3 nitrogen and oxygen atoms in total. The van der Waals surface area contributed by atoms with Crippen LogP contribution in [-0.4, -0.2) is 9.78 Å². The van der Waals surface area contributed by atoms with Crippen molar-refractivity contribution in [2.45, 2.75) is 57.5 Å². The fourth-order valence-electron chi connectivity index (χ4n) is 2.44. The molecule has 3 heteroatoms. The quantitative estimate of drug-likeness (QED) is 0.757. The van der Waals surface area contributed by atoms with E-state index < -0.39 is 0 Å². The van der Waals surface area contributed by atoms with Crippen molar-refractivity contribution in [1.29, 1.82) is 0 Å². The summed E-state index contributed by atoms with van der Waals surface area (Å²) in [6.45, 7) is 3.03. The number of nitrogens with zero attached hydrogens (tertiary/aromatic N) is 2. The zero-order valence-electron chi connectivity index (χ0n) is 9.58. The molecule has 0 amide bonds. The van der Waals surface area contributed by atoms with Gasteiger partial charge in [0.2, 0.25) is 0 Å². The van der Waals surface area contributed by atoms with Crippen LogP contribution in [0.5, 0.6) is 0 Å². The summed E-state index contributed by atoms with van der Waals surface area (Å²) >= 11 is 0. The molecule has 1 saturated carbocycles. The average Bonchev–Trinajstić information content (AvgIpc) is 2.63. The Morgan fingerprint density at radius 3 is 2.53 bits per heavy atom. The number of rotatable bonds is 2. The van der Waals surface area contributed by atoms with Crippen molar-refractivity contribution in [3.63, 3.8) is 0 Å². The summed E-state index contributed by atoms with van der Waals surface area (Å²) in [7, 11) is 0. The van der Waals surface area contributed by atoms with E-state index in [1.807, 2.05) is 10.9 Å². The van der Waals surface area contributed by atoms with Crippen LogP contribution in [0.1, 0.15) is 51.0 Å². The molecule has 1 aromatic rings. The number of hydrogen-bond acceptors (Lipinski definition) is 2. The van der Waals surface area contributed by atoms with Gasteiger partial charge in [0.1, 0.15) is 0 Å². The predicted molar refractivity (Wildman–Crippen MR) is 61.5 cm³/mol. The standard InChI is InChI=1S/C12H21N3/c1-2-15-10-11(9-14-15)12(13)7-5-3-4-6-8-12/h9-10H,2-8,13H2,1H3. The Bertz CT molecular complexity index is 308. The second-order valence-corrected chi connectivity index (χ2v) is 4.66. The second-order valence-electron chi connectivity index (χ2n) is 4.66. The Morgan fingerprint density at radius 1 is 1.33 bits per heavy atom. The zero-order valence-corrected chi connectivity index (χ0v) is 9.58. The molecule has 1 heterocycles. The summed E-state index contributed by atoms with van der Waals surface area (Å²) in [4.78, 5) is 0. The van der Waals surface area contributed by atoms with Crippen LogP contribution in [-0.2, 0) is 12.1 Å². The molecular formula is C12H21N3. The van der Waals surface area contributed by atoms with Gasteiger partial charge in [-0.2, -0.15) is 5.10 Å². The first-order valence-electron chi connectivity index (χ1n) is 6.06. The van der Waals surface area contributed by atoms with E-state index in [0.29, 0.717) is 0 Å². The molecule has 0 saturated heterocycles. The summed E-state index contributed by atoms with van der Waals surface area (Å²) in [6.07, 6.45) is 11.5. The van der Waals surface area contributed by atoms with E-state index in [-0.39, 0.29) is 5.54 Å². The molecule has 0 aromatic carbocycles. The van der Waals surface area contributed by atoms with Crippen LogP contribution < -0.4 is 5.73 Å². The maximum absolute atomic E-state index is 6.50. The van der Waals surface area contributed by atoms with Gasteiger partial charge in [-0.05, 0) is 19.8 Å². The van der Waals surface area contributed by atoms with E-state index in [2.05, 4.69) is 18.2 Å². The number of aromatic nitrogens is 2. The van der Waals surface area contributed by atoms with Gasteiger partial charge in [-0.25, -0.2) is 0 Å². The van der Waals surface area contributed by atoms with E-state index in [4.69, 9.17) is 5.73 Å². The van der Waals surface area contributed by atoms with Crippen molar-refractivity contribution >= 4 is 0 Å². The third-order valence-electron chi connectivity index (χ3n) is 3.53. The van der Waals surface area contributed by atoms with Gasteiger partial charge < -0.3 is 5.73 Å². The SMILES string of the molecule is CCn1cc(C2(N)CCCCCC2)cn1. The fourth-order valence-corrected chi connectivity index (χ4v) is 2.44. The van der Waals surface area contributed by atoms with Gasteiger partial charge in [-0.15, -0.1) is 0 Å². The molecule has 1 aliphatic rings. The van der Waals surface area contributed by atoms with Gasteiger partial charge in [-0.3, -0.25) is 4.68 Å². The first-order valence-corrected chi connectivity index (χ1v) is 6.06. The third-order valence-corrected chi connectivity index (χ3v) is 3.53. The maximum atomic E-state index is 6.50. The summed E-state index contributed by atoms with van der Waals surface area (Å²) in [5.74, 6) is 0. The van der Waals surface area contributed by atoms with Crippen LogP contribution >= 0.6 is 0 Å². The maximum Gasteiger partial charge on any atom is 0.0540 e. The molecule has 0 radical (unpaired) electrons. The minimum absolute atomic E-state index is 0.107. The fraction of sp³-hybridized carbons (Fsp3) is 0.750. The molecule has 15 heavy (non-hydrogen) atoms. The first-order chi connectivity index (χ1) is 7.24. The molecular weight excluding hydrogens is 186 g/mol. The monoisotopic (exact) mass is 207 g/mol. The van der Waals surface area contributed by atoms with Gasteiger partial charge in [0, 0.05) is 23.8 Å². The normalized spacial score (nSPS) is 21.2. The van der Waals surface area contributed by atoms with Gasteiger partial charge in [0.05, 0.1) is 6.20 Å². The van der Waals surface area contributed by atoms with Gasteiger partial charge in [0.15, 0.2) is 0 Å². The van der Waals surface area contributed by atoms with Crippen LogP contribution in [0.2, 0.25) is 0 Å². The van der Waals surface area contributed by atoms with E-state index >= 15 is 0 Å². The van der Waals surface area contributed by atoms with Crippen LogP contribution in [0.15, 0.2) is 12.4 Å². The molecule has 0 bridgehead atoms. The number of nitrogens with two attached hydrogens (primary N) is 1. The lowest BCUT2D eigenvalue weighted by molar-refractivity contribution is 0.385. The molecule has 2 N–H and O–H groups in total. The first kappa shape index (κ1) is 10.7. The molecule has 0 aliphatic heterocycles. The summed E-state index contributed by atoms with van der Waals surface area (Å²) in [5.41, 5.74) is 7.62. The van der Waals surface area contributed by atoms with Crippen LogP contribution in [0.25, 0.3) is 0 Å². The highest BCUT2D eigenvalue weighted by Gasteiger charge is 2.29. The van der Waals surface area contributed by atoms with Crippen molar-refractivity contribution in [1.82, 2.24) is 9.78 Å². The molecule has 84 valence electrons. The number of hydrogen-bond donors (Lipinski definition) is 1. The highest BCUT2D eigenvalue weighted by atomic mass is 15.3. The van der Waals surface area contributed by atoms with Gasteiger partial charge in [-0.1, -0.05) is 25.7 Å². The van der Waals surface area contributed by atoms with Crippen LogP contribution in [0, 0.1) is 0 Å². The van der Waals surface area contributed by atoms with Gasteiger partial charge in [0.25, 0.3) is 0 Å². The lowest BCUT2D eigenvalue weighted by Crippen LogP contribution is -2.35. The van der Waals surface area contributed by atoms with E-state index in [0.717, 1.165) is 19.4 Å². The molecule has 1 aromatic heterocycles. The molecule has 2 rings (SSSR count). The summed E-state index contributed by atoms with van der Waals surface area (Å²) in [5, 5.41) is 4.32. The largest absolute Gasteiger partial charge is 0.321 e.